The molecule has 0 aliphatic heterocycles. The molecule has 0 unspecified atom stereocenters. The van der Waals surface area contributed by atoms with E-state index in [1.54, 1.807) is 12.4 Å². The summed E-state index contributed by atoms with van der Waals surface area (Å²) in [6.45, 7) is 0. The molecule has 0 aromatic carbocycles. The Morgan fingerprint density at radius 2 is 1.33 bits per heavy atom. The molecule has 0 fully saturated rings. The number of nitrogens with zero attached hydrogens (tertiary/aromatic N) is 2. The van der Waals surface area contributed by atoms with Crippen LogP contribution >= 0.6 is 0 Å². The number of hydrogen-bond donors (Lipinski definition) is 2. The van der Waals surface area contributed by atoms with Crippen LogP contribution in [0.25, 0.3) is 0 Å². The van der Waals surface area contributed by atoms with Gasteiger partial charge >= 0.3 is 11.8 Å². The zero-order chi connectivity index (χ0) is 18.9. The lowest BCUT2D eigenvalue weighted by atomic mass is 9.96. The number of amides is 2. The molecule has 142 valence electrons. The highest BCUT2D eigenvalue weighted by atomic mass is 16.4. The van der Waals surface area contributed by atoms with E-state index in [1.165, 1.54) is 12.1 Å². The van der Waals surface area contributed by atoms with Crippen LogP contribution in [-0.4, -0.2) is 24.2 Å². The van der Waals surface area contributed by atoms with Gasteiger partial charge in [-0.25, -0.2) is 10.9 Å². The van der Waals surface area contributed by atoms with Crippen LogP contribution < -0.4 is 10.9 Å². The van der Waals surface area contributed by atoms with Crippen LogP contribution in [0.4, 0.5) is 0 Å². The van der Waals surface area contributed by atoms with Crippen LogP contribution in [0, 0.1) is 11.8 Å². The third kappa shape index (κ3) is 5.77. The molecular formula is C20H24N4O3. The van der Waals surface area contributed by atoms with E-state index in [-0.39, 0.29) is 11.5 Å². The van der Waals surface area contributed by atoms with Crippen LogP contribution in [-0.2, 0) is 0 Å². The summed E-state index contributed by atoms with van der Waals surface area (Å²) in [6.07, 6.45) is 18.0. The Kier molecular flexibility index (Phi) is 6.73. The van der Waals surface area contributed by atoms with Crippen molar-refractivity contribution in [2.75, 3.05) is 0 Å². The van der Waals surface area contributed by atoms with E-state index >= 15 is 0 Å². The molecule has 3 rings (SSSR count). The molecule has 2 aliphatic rings. The lowest BCUT2D eigenvalue weighted by molar-refractivity contribution is 0.0902. The van der Waals surface area contributed by atoms with Crippen molar-refractivity contribution in [3.63, 3.8) is 0 Å². The van der Waals surface area contributed by atoms with E-state index in [0.717, 1.165) is 38.5 Å². The first-order valence-electron chi connectivity index (χ1n) is 9.29. The molecule has 2 N–H and O–H groups in total. The first kappa shape index (κ1) is 18.8. The topological polar surface area (TPSA) is 96.1 Å². The number of allylic oxidation sites excluding steroid dienone is 4. The van der Waals surface area contributed by atoms with Gasteiger partial charge in [-0.05, 0) is 62.5 Å². The SMILES string of the molecule is O=C(N/N=C\[C@@H]1CC=CCC1)c1ccc(C(=O)N/N=C\[C@H]2CC=CCC2)o1. The minimum absolute atomic E-state index is 0.0298. The molecule has 2 atom stereocenters. The molecule has 0 bridgehead atoms. The fourth-order valence-electron chi connectivity index (χ4n) is 3.00. The number of rotatable bonds is 6. The number of carbonyl (C=O) groups is 2. The predicted molar refractivity (Wildman–Crippen MR) is 104 cm³/mol. The lowest BCUT2D eigenvalue weighted by Gasteiger charge is -2.11. The second kappa shape index (κ2) is 9.66. The monoisotopic (exact) mass is 368 g/mol. The van der Waals surface area contributed by atoms with Gasteiger partial charge in [-0.1, -0.05) is 24.3 Å². The summed E-state index contributed by atoms with van der Waals surface area (Å²) in [4.78, 5) is 24.1. The molecule has 0 saturated carbocycles. The Morgan fingerprint density at radius 3 is 1.74 bits per heavy atom. The van der Waals surface area contributed by atoms with Gasteiger partial charge in [0.15, 0.2) is 11.5 Å². The van der Waals surface area contributed by atoms with E-state index < -0.39 is 11.8 Å². The number of hydrazone groups is 2. The summed E-state index contributed by atoms with van der Waals surface area (Å²) >= 11 is 0. The average Bonchev–Trinajstić information content (AvgIpc) is 3.20. The summed E-state index contributed by atoms with van der Waals surface area (Å²) < 4.78 is 5.30. The van der Waals surface area contributed by atoms with E-state index in [1.807, 2.05) is 0 Å². The van der Waals surface area contributed by atoms with E-state index in [4.69, 9.17) is 4.42 Å². The van der Waals surface area contributed by atoms with E-state index in [2.05, 4.69) is 45.4 Å². The van der Waals surface area contributed by atoms with Crippen LogP contribution in [0.1, 0.15) is 59.6 Å². The van der Waals surface area contributed by atoms with Gasteiger partial charge in [0.05, 0.1) is 0 Å². The van der Waals surface area contributed by atoms with Gasteiger partial charge in [0, 0.05) is 12.4 Å². The lowest BCUT2D eigenvalue weighted by Crippen LogP contribution is -2.19. The maximum atomic E-state index is 12.0. The van der Waals surface area contributed by atoms with Gasteiger partial charge in [0.2, 0.25) is 0 Å². The quantitative estimate of drug-likeness (QED) is 0.457. The van der Waals surface area contributed by atoms with Crippen LogP contribution in [0.2, 0.25) is 0 Å². The van der Waals surface area contributed by atoms with Crippen molar-refractivity contribution in [3.05, 3.63) is 48.0 Å². The molecule has 2 amide bonds. The molecule has 7 nitrogen and oxygen atoms in total. The predicted octanol–water partition coefficient (Wildman–Crippen LogP) is 3.42. The fourth-order valence-corrected chi connectivity index (χ4v) is 3.00. The second-order valence-electron chi connectivity index (χ2n) is 6.69. The minimum atomic E-state index is -0.492. The molecule has 1 heterocycles. The summed E-state index contributed by atoms with van der Waals surface area (Å²) in [6, 6.07) is 2.89. The summed E-state index contributed by atoms with van der Waals surface area (Å²) in [5.74, 6) is -0.246. The largest absolute Gasteiger partial charge is 0.446 e. The van der Waals surface area contributed by atoms with Crippen LogP contribution in [0.15, 0.2) is 51.1 Å². The van der Waals surface area contributed by atoms with Crippen molar-refractivity contribution in [3.8, 4) is 0 Å². The van der Waals surface area contributed by atoms with Gasteiger partial charge in [-0.15, -0.1) is 0 Å². The van der Waals surface area contributed by atoms with Crippen molar-refractivity contribution in [2.45, 2.75) is 38.5 Å². The molecule has 27 heavy (non-hydrogen) atoms. The zero-order valence-electron chi connectivity index (χ0n) is 15.1. The Hall–Kier alpha value is -2.96. The van der Waals surface area contributed by atoms with Crippen molar-refractivity contribution < 1.29 is 14.0 Å². The highest BCUT2D eigenvalue weighted by molar-refractivity contribution is 5.95. The Morgan fingerprint density at radius 1 is 0.852 bits per heavy atom. The number of furan rings is 1. The Labute approximate surface area is 158 Å². The normalized spacial score (nSPS) is 22.4. The van der Waals surface area contributed by atoms with E-state index in [9.17, 15) is 9.59 Å². The molecule has 0 saturated heterocycles. The van der Waals surface area contributed by atoms with Crippen molar-refractivity contribution in [1.29, 1.82) is 0 Å². The standard InChI is InChI=1S/C20H24N4O3/c25-19(23-21-13-15-7-3-1-4-8-15)17-11-12-18(27-17)20(26)24-22-14-16-9-5-2-6-10-16/h1-3,5,11-16H,4,6-10H2,(H,23,25)(H,24,26)/b21-13-,22-14-/t15-,16+. The average molecular weight is 368 g/mol. The smallest absolute Gasteiger partial charge is 0.307 e. The molecule has 0 spiro atoms. The number of carbonyl (C=O) groups excluding carboxylic acids is 2. The fraction of sp³-hybridized carbons (Fsp3) is 0.400. The third-order valence-corrected chi connectivity index (χ3v) is 4.58. The first-order valence-corrected chi connectivity index (χ1v) is 9.29. The molecule has 1 aromatic rings. The summed E-state index contributed by atoms with van der Waals surface area (Å²) in [7, 11) is 0. The summed E-state index contributed by atoms with van der Waals surface area (Å²) in [5, 5.41) is 7.96. The van der Waals surface area contributed by atoms with Gasteiger partial charge < -0.3 is 4.42 Å². The van der Waals surface area contributed by atoms with Gasteiger partial charge in [0.1, 0.15) is 0 Å². The second-order valence-corrected chi connectivity index (χ2v) is 6.69. The summed E-state index contributed by atoms with van der Waals surface area (Å²) in [5.41, 5.74) is 4.86. The molecule has 7 heteroatoms. The van der Waals surface area contributed by atoms with Gasteiger partial charge in [-0.2, -0.15) is 10.2 Å². The Bertz CT molecular complexity index is 713. The molecule has 2 aliphatic carbocycles. The minimum Gasteiger partial charge on any atom is -0.446 e. The van der Waals surface area contributed by atoms with Gasteiger partial charge in [0.25, 0.3) is 0 Å². The van der Waals surface area contributed by atoms with Gasteiger partial charge in [-0.3, -0.25) is 9.59 Å². The highest BCUT2D eigenvalue weighted by Gasteiger charge is 2.15. The first-order chi connectivity index (χ1) is 13.2. The van der Waals surface area contributed by atoms with Crippen molar-refractivity contribution in [1.82, 2.24) is 10.9 Å². The van der Waals surface area contributed by atoms with Crippen LogP contribution in [0.3, 0.4) is 0 Å². The van der Waals surface area contributed by atoms with Crippen LogP contribution in [0.5, 0.6) is 0 Å². The van der Waals surface area contributed by atoms with E-state index in [0.29, 0.717) is 11.8 Å². The maximum Gasteiger partial charge on any atom is 0.307 e. The van der Waals surface area contributed by atoms with Crippen molar-refractivity contribution in [2.24, 2.45) is 22.0 Å². The maximum absolute atomic E-state index is 12.0. The number of hydrogen-bond acceptors (Lipinski definition) is 5. The molecule has 1 aromatic heterocycles. The zero-order valence-corrected chi connectivity index (χ0v) is 15.1. The molecule has 0 radical (unpaired) electrons. The number of nitrogens with one attached hydrogen (secondary N) is 2. The highest BCUT2D eigenvalue weighted by Crippen LogP contribution is 2.16. The molecular weight excluding hydrogens is 344 g/mol. The third-order valence-electron chi connectivity index (χ3n) is 4.58. The Balaban J connectivity index is 1.46. The van der Waals surface area contributed by atoms with Crippen molar-refractivity contribution >= 4 is 24.2 Å².